The van der Waals surface area contributed by atoms with Crippen molar-refractivity contribution in [2.24, 2.45) is 9.98 Å². The van der Waals surface area contributed by atoms with Gasteiger partial charge >= 0.3 is 33.0 Å². The number of carbonyl (C=O) groups excluding carboxylic acids is 2. The Morgan fingerprint density at radius 1 is 0.652 bits per heavy atom. The molecule has 2 N–H and O–H groups in total. The van der Waals surface area contributed by atoms with E-state index in [2.05, 4.69) is 58.6 Å². The van der Waals surface area contributed by atoms with Gasteiger partial charge in [0.2, 0.25) is 0 Å². The molecule has 0 aliphatic heterocycles. The topological polar surface area (TPSA) is 180 Å². The number of rotatable bonds is 18. The summed E-state index contributed by atoms with van der Waals surface area (Å²) in [7, 11) is 8.34. The summed E-state index contributed by atoms with van der Waals surface area (Å²) in [6, 6.07) is 13.9. The second-order valence-corrected chi connectivity index (χ2v) is 9.85. The summed E-state index contributed by atoms with van der Waals surface area (Å²) in [6.07, 6.45) is 8.68. The van der Waals surface area contributed by atoms with Gasteiger partial charge < -0.3 is 41.5 Å². The van der Waals surface area contributed by atoms with Gasteiger partial charge in [-0.05, 0) is 116 Å². The summed E-state index contributed by atoms with van der Waals surface area (Å²) in [5, 5.41) is 43.1. The van der Waals surface area contributed by atoms with Gasteiger partial charge in [0.15, 0.2) is 0 Å². The van der Waals surface area contributed by atoms with Gasteiger partial charge in [-0.2, -0.15) is 0 Å². The average Bonchev–Trinajstić information content (AvgIpc) is 2.98. The smallest absolute Gasteiger partial charge is 0.872 e. The zero-order chi connectivity index (χ0) is 33.3. The minimum atomic E-state index is 0. The largest absolute Gasteiger partial charge is 2.00 e. The summed E-state index contributed by atoms with van der Waals surface area (Å²) in [4.78, 5) is 29.4. The van der Waals surface area contributed by atoms with Gasteiger partial charge in [0, 0.05) is 25.5 Å². The van der Waals surface area contributed by atoms with E-state index in [0.29, 0.717) is 23.3 Å². The summed E-state index contributed by atoms with van der Waals surface area (Å²) >= 11 is 0. The molecule has 0 bridgehead atoms. The van der Waals surface area contributed by atoms with Crippen molar-refractivity contribution in [3.8, 4) is 11.5 Å². The zero-order valence-electron chi connectivity index (χ0n) is 27.2. The van der Waals surface area contributed by atoms with E-state index in [0.717, 1.165) is 65.2 Å². The molecule has 0 heterocycles. The van der Waals surface area contributed by atoms with Crippen LogP contribution in [0.4, 0.5) is 0 Å². The molecule has 0 atom stereocenters. The van der Waals surface area contributed by atoms with E-state index < -0.39 is 0 Å². The summed E-state index contributed by atoms with van der Waals surface area (Å²) in [6.45, 7) is 7.80. The molecule has 12 nitrogen and oxygen atoms in total. The van der Waals surface area contributed by atoms with E-state index in [1.54, 1.807) is 48.8 Å². The Hall–Kier alpha value is -3.03. The first-order valence-electron chi connectivity index (χ1n) is 14.5. The molecule has 0 aromatic heterocycles. The first kappa shape index (κ1) is 49.8. The van der Waals surface area contributed by atoms with Crippen LogP contribution in [0.1, 0.15) is 36.8 Å². The molecule has 14 heteroatoms. The Labute approximate surface area is 295 Å². The van der Waals surface area contributed by atoms with Crippen LogP contribution in [0.2, 0.25) is 0 Å². The van der Waals surface area contributed by atoms with Crippen LogP contribution in [-0.4, -0.2) is 115 Å². The number of aliphatic imine (C=N–C) groups is 2. The second kappa shape index (κ2) is 38.2. The van der Waals surface area contributed by atoms with Crippen LogP contribution in [0.15, 0.2) is 58.5 Å². The molecule has 0 fully saturated rings. The minimum absolute atomic E-state index is 0. The molecule has 260 valence electrons. The predicted octanol–water partition coefficient (Wildman–Crippen LogP) is 2.00. The minimum Gasteiger partial charge on any atom is -0.872 e. The van der Waals surface area contributed by atoms with Crippen molar-refractivity contribution >= 4 is 24.6 Å². The second-order valence-electron chi connectivity index (χ2n) is 9.85. The van der Waals surface area contributed by atoms with Crippen LogP contribution in [0.5, 0.6) is 11.5 Å². The van der Waals surface area contributed by atoms with Gasteiger partial charge in [-0.25, -0.2) is 0 Å². The third-order valence-corrected chi connectivity index (χ3v) is 5.50. The maximum absolute atomic E-state index is 11.4. The van der Waals surface area contributed by atoms with Crippen molar-refractivity contribution in [1.29, 1.82) is 0 Å². The maximum Gasteiger partial charge on any atom is 2.00 e. The van der Waals surface area contributed by atoms with E-state index >= 15 is 0 Å². The van der Waals surface area contributed by atoms with E-state index in [1.807, 2.05) is 12.1 Å². The Morgan fingerprint density at radius 3 is 1.26 bits per heavy atom. The third-order valence-electron chi connectivity index (χ3n) is 5.50. The molecular weight excluding hydrogens is 678 g/mol. The summed E-state index contributed by atoms with van der Waals surface area (Å²) in [5.41, 5.74) is 1.34. The molecule has 0 saturated heterocycles. The normalized spacial score (nSPS) is 9.87. The van der Waals surface area contributed by atoms with Crippen molar-refractivity contribution in [2.45, 2.75) is 25.7 Å². The molecule has 0 unspecified atom stereocenters. The van der Waals surface area contributed by atoms with Crippen molar-refractivity contribution in [3.63, 3.8) is 0 Å². The van der Waals surface area contributed by atoms with Crippen LogP contribution in [0.25, 0.3) is 10.8 Å². The molecule has 2 aromatic rings. The quantitative estimate of drug-likeness (QED) is 0.101. The first-order valence-corrected chi connectivity index (χ1v) is 14.5. The molecule has 46 heavy (non-hydrogen) atoms. The van der Waals surface area contributed by atoms with Crippen LogP contribution >= 0.6 is 0 Å². The number of para-hydroxylation sites is 2. The molecule has 0 aliphatic rings. The fraction of sp³-hybridized carbons (Fsp3) is 0.500. The fourth-order valence-electron chi connectivity index (χ4n) is 3.38. The number of nitrogens with zero attached hydrogens (tertiary/aromatic N) is 6. The predicted molar refractivity (Wildman–Crippen MR) is 176 cm³/mol. The van der Waals surface area contributed by atoms with E-state index in [-0.39, 0.29) is 44.5 Å². The van der Waals surface area contributed by atoms with Crippen molar-refractivity contribution in [3.05, 3.63) is 70.5 Å². The number of isocyanates is 2. The molecule has 0 saturated carbocycles. The van der Waals surface area contributed by atoms with Crippen LogP contribution in [-0.2, 0) is 42.6 Å². The van der Waals surface area contributed by atoms with Gasteiger partial charge in [-0.3, -0.25) is 19.6 Å². The van der Waals surface area contributed by atoms with Gasteiger partial charge in [0.1, 0.15) is 0 Å². The number of hydrogen-bond acceptors (Lipinski definition) is 10. The first-order chi connectivity index (χ1) is 21.2. The molecule has 2 aromatic carbocycles. The molecule has 0 radical (unpaired) electrons. The molecule has 2 rings (SSSR count). The van der Waals surface area contributed by atoms with Crippen molar-refractivity contribution < 1.29 is 52.8 Å². The molecule has 0 spiro atoms. The van der Waals surface area contributed by atoms with Gasteiger partial charge in [0.25, 0.3) is 0 Å². The maximum atomic E-state index is 11.4. The summed E-state index contributed by atoms with van der Waals surface area (Å²) in [5.74, 6) is 0.0705. The third kappa shape index (κ3) is 35.4. The molecule has 0 aliphatic carbocycles. The zero-order valence-corrected chi connectivity index (χ0v) is 29.2. The van der Waals surface area contributed by atoms with Crippen LogP contribution in [0, 0.1) is 0 Å². The monoisotopic (exact) mass is 724 g/mol. The SMILES string of the molecule is CN(C)CCCNCCCN=Cc1ccccc1[O-].CN(C)CCCNCCCN=Cc1ccccc1[O-].[N-]=C=O.[N-]=C=O.[Ni+2].[Ni+2]. The fourth-order valence-corrected chi connectivity index (χ4v) is 3.38. The van der Waals surface area contributed by atoms with Gasteiger partial charge in [-0.1, -0.05) is 48.5 Å². The number of benzene rings is 2. The van der Waals surface area contributed by atoms with E-state index in [4.69, 9.17) is 20.4 Å². The Bertz CT molecular complexity index is 1010. The Balaban J connectivity index is -0.000000315. The summed E-state index contributed by atoms with van der Waals surface area (Å²) < 4.78 is 0. The number of hydrogen-bond donors (Lipinski definition) is 2. The van der Waals surface area contributed by atoms with Crippen LogP contribution in [0.3, 0.4) is 0 Å². The van der Waals surface area contributed by atoms with Crippen LogP contribution < -0.4 is 20.8 Å². The molecular formula is C32H48N8Ni2O4. The van der Waals surface area contributed by atoms with Gasteiger partial charge in [0.05, 0.1) is 0 Å². The van der Waals surface area contributed by atoms with Gasteiger partial charge in [-0.15, -0.1) is 11.5 Å². The Morgan fingerprint density at radius 2 is 0.957 bits per heavy atom. The standard InChI is InChI=1S/2C15H25N3O.2CNO.2Ni/c2*1-18(2)12-6-11-16-9-5-10-17-13-14-7-3-4-8-15(14)19;2*2-1-3;;/h2*3-4,7-8,13,16,19H,5-6,9-12H2,1-2H3;;;;/q;;2*-1;2*+2/p-2. The number of nitrogens with one attached hydrogen (secondary N) is 2. The molecule has 0 amide bonds. The van der Waals surface area contributed by atoms with Crippen molar-refractivity contribution in [2.75, 3.05) is 80.5 Å². The average molecular weight is 726 g/mol. The van der Waals surface area contributed by atoms with Crippen molar-refractivity contribution in [1.82, 2.24) is 20.4 Å². The van der Waals surface area contributed by atoms with E-state index in [9.17, 15) is 10.2 Å². The Kier molecular flexibility index (Phi) is 41.3. The van der Waals surface area contributed by atoms with E-state index in [1.165, 1.54) is 12.8 Å².